The molecule has 166 valence electrons. The largest absolute Gasteiger partial charge is 0.485 e. The van der Waals surface area contributed by atoms with Gasteiger partial charge in [-0.3, -0.25) is 9.59 Å². The van der Waals surface area contributed by atoms with Crippen molar-refractivity contribution in [1.82, 2.24) is 10.1 Å². The van der Waals surface area contributed by atoms with Crippen LogP contribution in [0.4, 0.5) is 5.69 Å². The first-order chi connectivity index (χ1) is 16.0. The van der Waals surface area contributed by atoms with Crippen LogP contribution in [-0.4, -0.2) is 22.0 Å². The molecule has 3 aromatic carbocycles. The molecule has 33 heavy (non-hydrogen) atoms. The molecule has 1 aromatic heterocycles. The van der Waals surface area contributed by atoms with Crippen molar-refractivity contribution >= 4 is 17.5 Å². The quantitative estimate of drug-likeness (QED) is 0.418. The third-order valence-electron chi connectivity index (χ3n) is 4.53. The number of rotatable bonds is 8. The summed E-state index contributed by atoms with van der Waals surface area (Å²) in [5, 5.41) is 6.60. The number of carbonyl (C=O) groups is 2. The molecule has 0 atom stereocenters. The molecule has 0 spiro atoms. The molecule has 0 saturated heterocycles. The van der Waals surface area contributed by atoms with Crippen LogP contribution < -0.4 is 20.5 Å². The van der Waals surface area contributed by atoms with Gasteiger partial charge in [-0.1, -0.05) is 35.5 Å². The number of nitrogens with zero attached hydrogens (tertiary/aromatic N) is 2. The van der Waals surface area contributed by atoms with Gasteiger partial charge in [0, 0.05) is 18.7 Å². The summed E-state index contributed by atoms with van der Waals surface area (Å²) in [6.07, 6.45) is 0. The Morgan fingerprint density at radius 1 is 0.970 bits per heavy atom. The molecular formula is C24H20N4O5. The Bertz CT molecular complexity index is 1300. The summed E-state index contributed by atoms with van der Waals surface area (Å²) in [4.78, 5) is 28.6. The van der Waals surface area contributed by atoms with Crippen molar-refractivity contribution in [2.24, 2.45) is 5.73 Å². The Labute approximate surface area is 189 Å². The van der Waals surface area contributed by atoms with Crippen molar-refractivity contribution in [1.29, 1.82) is 0 Å². The van der Waals surface area contributed by atoms with Gasteiger partial charge in [-0.2, -0.15) is 4.98 Å². The molecule has 9 heteroatoms. The van der Waals surface area contributed by atoms with E-state index in [1.165, 1.54) is 0 Å². The lowest BCUT2D eigenvalue weighted by Gasteiger charge is -2.12. The van der Waals surface area contributed by atoms with E-state index in [-0.39, 0.29) is 18.1 Å². The summed E-state index contributed by atoms with van der Waals surface area (Å²) < 4.78 is 16.5. The van der Waals surface area contributed by atoms with E-state index >= 15 is 0 Å². The Morgan fingerprint density at radius 3 is 2.42 bits per heavy atom. The SMILES string of the molecule is Cc1nc(COc2ccccc2C(=O)Nc2cccc(Oc3ccccc3C(N)=O)c2)no1. The third kappa shape index (κ3) is 5.34. The minimum Gasteiger partial charge on any atom is -0.485 e. The highest BCUT2D eigenvalue weighted by Crippen LogP contribution is 2.28. The number of para-hydroxylation sites is 2. The van der Waals surface area contributed by atoms with Crippen LogP contribution in [0.25, 0.3) is 0 Å². The maximum Gasteiger partial charge on any atom is 0.259 e. The Kier molecular flexibility index (Phi) is 6.31. The molecular weight excluding hydrogens is 424 g/mol. The molecule has 0 unspecified atom stereocenters. The normalized spacial score (nSPS) is 10.5. The van der Waals surface area contributed by atoms with Crippen LogP contribution in [0.15, 0.2) is 77.3 Å². The second kappa shape index (κ2) is 9.65. The summed E-state index contributed by atoms with van der Waals surface area (Å²) >= 11 is 0. The molecule has 0 radical (unpaired) electrons. The molecule has 0 aliphatic heterocycles. The lowest BCUT2D eigenvalue weighted by atomic mass is 10.1. The number of carbonyl (C=O) groups excluding carboxylic acids is 2. The number of primary amides is 1. The molecule has 0 saturated carbocycles. The number of hydrogen-bond acceptors (Lipinski definition) is 7. The van der Waals surface area contributed by atoms with Crippen molar-refractivity contribution in [3.05, 3.63) is 95.6 Å². The average molecular weight is 444 g/mol. The zero-order valence-corrected chi connectivity index (χ0v) is 17.6. The first kappa shape index (κ1) is 21.6. The maximum atomic E-state index is 12.9. The number of nitrogens with two attached hydrogens (primary N) is 1. The predicted octanol–water partition coefficient (Wildman–Crippen LogP) is 4.10. The number of ether oxygens (including phenoxy) is 2. The van der Waals surface area contributed by atoms with Crippen LogP contribution in [0.3, 0.4) is 0 Å². The molecule has 0 aliphatic rings. The molecule has 3 N–H and O–H groups in total. The van der Waals surface area contributed by atoms with Gasteiger partial charge in [0.05, 0.1) is 11.1 Å². The molecule has 4 rings (SSSR count). The van der Waals surface area contributed by atoms with Crippen LogP contribution in [-0.2, 0) is 6.61 Å². The number of hydrogen-bond donors (Lipinski definition) is 2. The first-order valence-electron chi connectivity index (χ1n) is 9.99. The van der Waals surface area contributed by atoms with E-state index in [4.69, 9.17) is 19.7 Å². The fourth-order valence-corrected chi connectivity index (χ4v) is 3.04. The first-order valence-corrected chi connectivity index (χ1v) is 9.99. The zero-order valence-electron chi connectivity index (χ0n) is 17.6. The number of aromatic nitrogens is 2. The number of benzene rings is 3. The van der Waals surface area contributed by atoms with Crippen LogP contribution in [0.2, 0.25) is 0 Å². The fourth-order valence-electron chi connectivity index (χ4n) is 3.04. The summed E-state index contributed by atoms with van der Waals surface area (Å²) in [6.45, 7) is 1.74. The van der Waals surface area contributed by atoms with Crippen LogP contribution in [0.5, 0.6) is 17.2 Å². The summed E-state index contributed by atoms with van der Waals surface area (Å²) in [6, 6.07) is 20.3. The highest BCUT2D eigenvalue weighted by Gasteiger charge is 2.15. The fraction of sp³-hybridized carbons (Fsp3) is 0.0833. The monoisotopic (exact) mass is 444 g/mol. The van der Waals surface area contributed by atoms with Gasteiger partial charge in [0.1, 0.15) is 17.2 Å². The van der Waals surface area contributed by atoms with Gasteiger partial charge in [-0.05, 0) is 36.4 Å². The van der Waals surface area contributed by atoms with Gasteiger partial charge in [-0.25, -0.2) is 0 Å². The van der Waals surface area contributed by atoms with Gasteiger partial charge >= 0.3 is 0 Å². The third-order valence-corrected chi connectivity index (χ3v) is 4.53. The van der Waals surface area contributed by atoms with Gasteiger partial charge in [0.15, 0.2) is 6.61 Å². The van der Waals surface area contributed by atoms with Gasteiger partial charge < -0.3 is 25.0 Å². The number of amides is 2. The second-order valence-electron chi connectivity index (χ2n) is 6.96. The Balaban J connectivity index is 1.48. The Hall–Kier alpha value is -4.66. The van der Waals surface area contributed by atoms with Gasteiger partial charge in [-0.15, -0.1) is 0 Å². The van der Waals surface area contributed by atoms with E-state index in [0.29, 0.717) is 40.2 Å². The van der Waals surface area contributed by atoms with Crippen LogP contribution >= 0.6 is 0 Å². The minimum atomic E-state index is -0.595. The van der Waals surface area contributed by atoms with Crippen molar-refractivity contribution < 1.29 is 23.6 Å². The van der Waals surface area contributed by atoms with Crippen LogP contribution in [0.1, 0.15) is 32.4 Å². The van der Waals surface area contributed by atoms with E-state index in [2.05, 4.69) is 15.5 Å². The summed E-state index contributed by atoms with van der Waals surface area (Å²) in [7, 11) is 0. The molecule has 0 fully saturated rings. The number of nitrogens with one attached hydrogen (secondary N) is 1. The number of aryl methyl sites for hydroxylation is 1. The highest BCUT2D eigenvalue weighted by molar-refractivity contribution is 6.06. The molecule has 0 aliphatic carbocycles. The van der Waals surface area contributed by atoms with E-state index < -0.39 is 5.91 Å². The van der Waals surface area contributed by atoms with Gasteiger partial charge in [0.2, 0.25) is 11.7 Å². The summed E-state index contributed by atoms with van der Waals surface area (Å²) in [5.74, 6) is 0.971. The maximum absolute atomic E-state index is 12.9. The van der Waals surface area contributed by atoms with E-state index in [1.807, 2.05) is 0 Å². The topological polar surface area (TPSA) is 130 Å². The molecule has 4 aromatic rings. The van der Waals surface area contributed by atoms with Crippen molar-refractivity contribution in [2.75, 3.05) is 5.32 Å². The number of anilines is 1. The smallest absolute Gasteiger partial charge is 0.259 e. The Morgan fingerprint density at radius 2 is 1.70 bits per heavy atom. The molecule has 0 bridgehead atoms. The van der Waals surface area contributed by atoms with Gasteiger partial charge in [0.25, 0.3) is 11.8 Å². The van der Waals surface area contributed by atoms with E-state index in [0.717, 1.165) is 0 Å². The summed E-state index contributed by atoms with van der Waals surface area (Å²) in [5.41, 5.74) is 6.50. The predicted molar refractivity (Wildman–Crippen MR) is 119 cm³/mol. The standard InChI is InChI=1S/C24H20N4O5/c1-15-26-22(28-33-15)14-31-20-11-4-3-10-19(20)24(30)27-16-7-6-8-17(13-16)32-21-12-5-2-9-18(21)23(25)29/h2-13H,14H2,1H3,(H2,25,29)(H,27,30). The molecule has 1 heterocycles. The lowest BCUT2D eigenvalue weighted by molar-refractivity contribution is 0.0995. The van der Waals surface area contributed by atoms with Crippen molar-refractivity contribution in [3.8, 4) is 17.2 Å². The van der Waals surface area contributed by atoms with Crippen LogP contribution in [0, 0.1) is 6.92 Å². The lowest BCUT2D eigenvalue weighted by Crippen LogP contribution is -2.14. The minimum absolute atomic E-state index is 0.0598. The zero-order chi connectivity index (χ0) is 23.2. The highest BCUT2D eigenvalue weighted by atomic mass is 16.5. The second-order valence-corrected chi connectivity index (χ2v) is 6.96. The average Bonchev–Trinajstić information content (AvgIpc) is 3.23. The van der Waals surface area contributed by atoms with E-state index in [1.54, 1.807) is 79.7 Å². The van der Waals surface area contributed by atoms with E-state index in [9.17, 15) is 9.59 Å². The molecule has 2 amide bonds. The van der Waals surface area contributed by atoms with Crippen molar-refractivity contribution in [3.63, 3.8) is 0 Å². The molecule has 9 nitrogen and oxygen atoms in total. The van der Waals surface area contributed by atoms with Crippen molar-refractivity contribution in [2.45, 2.75) is 13.5 Å².